The monoisotopic (exact) mass is 402 g/mol. The van der Waals surface area contributed by atoms with Gasteiger partial charge < -0.3 is 0 Å². The van der Waals surface area contributed by atoms with Gasteiger partial charge >= 0.3 is 0 Å². The van der Waals surface area contributed by atoms with Gasteiger partial charge in [-0.25, -0.2) is 9.97 Å². The molecular weight excluding hydrogens is 392 g/mol. The number of rotatable bonds is 2. The Morgan fingerprint density at radius 2 is 2.08 bits per heavy atom. The first-order valence-electron chi connectivity index (χ1n) is 7.14. The van der Waals surface area contributed by atoms with E-state index in [1.165, 1.54) is 28.3 Å². The zero-order valence-corrected chi connectivity index (χ0v) is 15.0. The number of benzene rings is 1. The van der Waals surface area contributed by atoms with Gasteiger partial charge in [-0.3, -0.25) is 18.6 Å². The molecule has 0 saturated carbocycles. The smallest absolute Gasteiger partial charge is 0.261 e. The summed E-state index contributed by atoms with van der Waals surface area (Å²) in [5.74, 6) is 0. The summed E-state index contributed by atoms with van der Waals surface area (Å²) in [4.78, 5) is 34.3. The molecular formula is C16H11BrN4O2S. The van der Waals surface area contributed by atoms with Gasteiger partial charge in [0.1, 0.15) is 0 Å². The van der Waals surface area contributed by atoms with Gasteiger partial charge in [0.25, 0.3) is 11.1 Å². The quantitative estimate of drug-likeness (QED) is 0.516. The maximum absolute atomic E-state index is 12.6. The molecule has 0 spiro atoms. The molecule has 1 aromatic carbocycles. The molecule has 4 rings (SSSR count). The Bertz CT molecular complexity index is 1210. The molecule has 4 aromatic rings. The van der Waals surface area contributed by atoms with Crippen LogP contribution in [-0.2, 0) is 6.54 Å². The molecule has 0 aliphatic carbocycles. The van der Waals surface area contributed by atoms with E-state index in [4.69, 9.17) is 0 Å². The van der Waals surface area contributed by atoms with Gasteiger partial charge in [0, 0.05) is 21.6 Å². The molecule has 0 amide bonds. The Labute approximate surface area is 148 Å². The van der Waals surface area contributed by atoms with Crippen LogP contribution in [0.5, 0.6) is 0 Å². The molecule has 0 unspecified atom stereocenters. The van der Waals surface area contributed by atoms with Crippen molar-refractivity contribution in [3.05, 3.63) is 72.5 Å². The molecule has 0 radical (unpaired) electrons. The number of aromatic nitrogens is 4. The summed E-state index contributed by atoms with van der Waals surface area (Å²) in [6.07, 6.45) is 1.49. The van der Waals surface area contributed by atoms with Crippen molar-refractivity contribution in [1.82, 2.24) is 18.9 Å². The lowest BCUT2D eigenvalue weighted by Crippen LogP contribution is -2.23. The second-order valence-corrected chi connectivity index (χ2v) is 7.17. The number of nitrogens with zero attached hydrogens (tertiary/aromatic N) is 4. The summed E-state index contributed by atoms with van der Waals surface area (Å²) in [7, 11) is 0. The molecule has 3 heterocycles. The topological polar surface area (TPSA) is 69.3 Å². The molecule has 120 valence electrons. The third kappa shape index (κ3) is 2.47. The highest BCUT2D eigenvalue weighted by molar-refractivity contribution is 9.10. The van der Waals surface area contributed by atoms with Crippen LogP contribution < -0.4 is 11.1 Å². The fourth-order valence-corrected chi connectivity index (χ4v) is 3.85. The molecule has 0 N–H and O–H groups in total. The number of halogens is 1. The third-order valence-corrected chi connectivity index (χ3v) is 5.18. The number of fused-ring (bicyclic) bond motifs is 2. The van der Waals surface area contributed by atoms with Crippen LogP contribution in [0.4, 0.5) is 0 Å². The van der Waals surface area contributed by atoms with Gasteiger partial charge in [-0.2, -0.15) is 0 Å². The van der Waals surface area contributed by atoms with Gasteiger partial charge in [0.15, 0.2) is 4.96 Å². The van der Waals surface area contributed by atoms with Gasteiger partial charge in [-0.1, -0.05) is 15.9 Å². The Kier molecular flexibility index (Phi) is 3.58. The molecule has 0 aliphatic rings. The zero-order valence-electron chi connectivity index (χ0n) is 12.6. The van der Waals surface area contributed by atoms with Gasteiger partial charge in [-0.15, -0.1) is 11.3 Å². The lowest BCUT2D eigenvalue weighted by molar-refractivity contribution is 0.727. The second-order valence-electron chi connectivity index (χ2n) is 5.42. The molecule has 0 bridgehead atoms. The number of hydrogen-bond acceptors (Lipinski definition) is 5. The second kappa shape index (κ2) is 5.64. The Morgan fingerprint density at radius 1 is 1.25 bits per heavy atom. The van der Waals surface area contributed by atoms with Gasteiger partial charge in [-0.05, 0) is 25.1 Å². The Morgan fingerprint density at radius 3 is 2.92 bits per heavy atom. The predicted molar refractivity (Wildman–Crippen MR) is 96.9 cm³/mol. The minimum absolute atomic E-state index is 0.140. The summed E-state index contributed by atoms with van der Waals surface area (Å²) in [5, 5.41) is 2.41. The summed E-state index contributed by atoms with van der Waals surface area (Å²) in [5.41, 5.74) is 1.73. The van der Waals surface area contributed by atoms with E-state index < -0.39 is 0 Å². The molecule has 0 saturated heterocycles. The van der Waals surface area contributed by atoms with Crippen molar-refractivity contribution in [2.24, 2.45) is 0 Å². The van der Waals surface area contributed by atoms with Crippen molar-refractivity contribution in [3.63, 3.8) is 0 Å². The fourth-order valence-electron chi connectivity index (χ4n) is 2.60. The average Bonchev–Trinajstić information content (AvgIpc) is 2.92. The highest BCUT2D eigenvalue weighted by Gasteiger charge is 2.09. The first-order valence-corrected chi connectivity index (χ1v) is 8.82. The molecule has 3 aromatic heterocycles. The van der Waals surface area contributed by atoms with Gasteiger partial charge in [0.05, 0.1) is 29.5 Å². The minimum Gasteiger partial charge on any atom is -0.293 e. The molecule has 8 heteroatoms. The minimum atomic E-state index is -0.161. The molecule has 0 aliphatic heterocycles. The van der Waals surface area contributed by atoms with Crippen LogP contribution in [0.2, 0.25) is 0 Å². The van der Waals surface area contributed by atoms with Crippen molar-refractivity contribution in [3.8, 4) is 0 Å². The zero-order chi connectivity index (χ0) is 16.8. The van der Waals surface area contributed by atoms with E-state index in [0.717, 1.165) is 10.2 Å². The van der Waals surface area contributed by atoms with Crippen molar-refractivity contribution in [1.29, 1.82) is 0 Å². The fraction of sp³-hybridized carbons (Fsp3) is 0.125. The number of hydrogen-bond donors (Lipinski definition) is 0. The maximum atomic E-state index is 12.6. The van der Waals surface area contributed by atoms with Crippen LogP contribution in [0.15, 0.2) is 50.0 Å². The van der Waals surface area contributed by atoms with E-state index in [1.54, 1.807) is 16.5 Å². The summed E-state index contributed by atoms with van der Waals surface area (Å²) in [6, 6.07) is 6.84. The first-order chi connectivity index (χ1) is 11.5. The SMILES string of the molecule is Cc1csc2nc(Cn3cnc4ccc(Br)cc4c3=O)cc(=O)n12. The van der Waals surface area contributed by atoms with E-state index in [-0.39, 0.29) is 17.7 Å². The average molecular weight is 403 g/mol. The van der Waals surface area contributed by atoms with E-state index in [1.807, 2.05) is 18.4 Å². The van der Waals surface area contributed by atoms with E-state index in [2.05, 4.69) is 25.9 Å². The lowest BCUT2D eigenvalue weighted by atomic mass is 10.2. The van der Waals surface area contributed by atoms with Crippen molar-refractivity contribution < 1.29 is 0 Å². The predicted octanol–water partition coefficient (Wildman–Crippen LogP) is 2.59. The largest absolute Gasteiger partial charge is 0.293 e. The highest BCUT2D eigenvalue weighted by Crippen LogP contribution is 2.15. The first kappa shape index (κ1) is 15.2. The Hall–Kier alpha value is -2.32. The van der Waals surface area contributed by atoms with Crippen LogP contribution in [0.1, 0.15) is 11.4 Å². The molecule has 0 fully saturated rings. The van der Waals surface area contributed by atoms with Crippen molar-refractivity contribution >= 4 is 43.1 Å². The van der Waals surface area contributed by atoms with Gasteiger partial charge in [0.2, 0.25) is 0 Å². The van der Waals surface area contributed by atoms with Crippen LogP contribution in [0.3, 0.4) is 0 Å². The lowest BCUT2D eigenvalue weighted by Gasteiger charge is -2.07. The van der Waals surface area contributed by atoms with Crippen LogP contribution >= 0.6 is 27.3 Å². The van der Waals surface area contributed by atoms with Crippen molar-refractivity contribution in [2.75, 3.05) is 0 Å². The third-order valence-electron chi connectivity index (χ3n) is 3.75. The van der Waals surface area contributed by atoms with Crippen LogP contribution in [0.25, 0.3) is 15.9 Å². The van der Waals surface area contributed by atoms with Crippen molar-refractivity contribution in [2.45, 2.75) is 13.5 Å². The standard InChI is InChI=1S/C16H11BrN4O2S/c1-9-7-24-16-19-11(5-14(22)21(9)16)6-20-8-18-13-3-2-10(17)4-12(13)15(20)23/h2-5,7-8H,6H2,1H3. The molecule has 6 nitrogen and oxygen atoms in total. The van der Waals surface area contributed by atoms with E-state index >= 15 is 0 Å². The molecule has 0 atom stereocenters. The summed E-state index contributed by atoms with van der Waals surface area (Å²) >= 11 is 4.77. The van der Waals surface area contributed by atoms with Crippen LogP contribution in [-0.4, -0.2) is 18.9 Å². The maximum Gasteiger partial charge on any atom is 0.261 e. The summed E-state index contributed by atoms with van der Waals surface area (Å²) < 4.78 is 3.85. The number of thiazole rings is 1. The highest BCUT2D eigenvalue weighted by atomic mass is 79.9. The Balaban J connectivity index is 1.83. The normalized spacial score (nSPS) is 11.4. The van der Waals surface area contributed by atoms with E-state index in [0.29, 0.717) is 21.6 Å². The van der Waals surface area contributed by atoms with Crippen LogP contribution in [0, 0.1) is 6.92 Å². The summed E-state index contributed by atoms with van der Waals surface area (Å²) in [6.45, 7) is 2.07. The molecule has 24 heavy (non-hydrogen) atoms. The van der Waals surface area contributed by atoms with E-state index in [9.17, 15) is 9.59 Å². The number of aryl methyl sites for hydroxylation is 1.